The zero-order valence-electron chi connectivity index (χ0n) is 17.8. The van der Waals surface area contributed by atoms with Crippen LogP contribution in [0.25, 0.3) is 0 Å². The van der Waals surface area contributed by atoms with Gasteiger partial charge in [0.2, 0.25) is 0 Å². The second-order valence-corrected chi connectivity index (χ2v) is 8.78. The van der Waals surface area contributed by atoms with Gasteiger partial charge in [0, 0.05) is 29.4 Å². The number of nitrogens with zero attached hydrogens (tertiary/aromatic N) is 4. The molecular weight excluding hydrogens is 455 g/mol. The van der Waals surface area contributed by atoms with Gasteiger partial charge in [-0.2, -0.15) is 18.4 Å². The van der Waals surface area contributed by atoms with Crippen LogP contribution in [-0.4, -0.2) is 40.5 Å². The maximum absolute atomic E-state index is 13.1. The van der Waals surface area contributed by atoms with Crippen molar-refractivity contribution in [2.75, 3.05) is 24.2 Å². The lowest BCUT2D eigenvalue weighted by Crippen LogP contribution is -2.42. The molecule has 2 aromatic rings. The molecule has 0 saturated carbocycles. The first-order chi connectivity index (χ1) is 15.6. The molecule has 33 heavy (non-hydrogen) atoms. The van der Waals surface area contributed by atoms with E-state index in [4.69, 9.17) is 5.26 Å². The summed E-state index contributed by atoms with van der Waals surface area (Å²) in [7, 11) is 0. The fourth-order valence-corrected chi connectivity index (χ4v) is 3.93. The minimum Gasteiger partial charge on any atom is -0.379 e. The first kappa shape index (κ1) is 24.5. The standard InChI is InChI=1S/C22H22F3N5O2S/c1-21(32,20(31)27-17-5-4-15(13-26)19(12-17)22(23,24)25)14-33-18-8-6-16(7-9-18)28-29-30-10-2-3-11-30/h4-9,12,32H,2-3,10-11,14H2,1H3,(H,27,31). The lowest BCUT2D eigenvalue weighted by Gasteiger charge is -2.22. The van der Waals surface area contributed by atoms with Crippen LogP contribution in [0.1, 0.15) is 30.9 Å². The summed E-state index contributed by atoms with van der Waals surface area (Å²) < 4.78 is 39.4. The maximum Gasteiger partial charge on any atom is 0.417 e. The average molecular weight is 478 g/mol. The number of hydrogen-bond acceptors (Lipinski definition) is 6. The number of anilines is 1. The van der Waals surface area contributed by atoms with Crippen molar-refractivity contribution in [3.05, 3.63) is 53.6 Å². The van der Waals surface area contributed by atoms with Gasteiger partial charge in [0.15, 0.2) is 0 Å². The number of aliphatic hydroxyl groups is 1. The Morgan fingerprint density at radius 1 is 1.21 bits per heavy atom. The molecule has 1 atom stereocenters. The Morgan fingerprint density at radius 3 is 2.48 bits per heavy atom. The van der Waals surface area contributed by atoms with Gasteiger partial charge in [-0.3, -0.25) is 9.80 Å². The molecule has 1 amide bonds. The normalized spacial score (nSPS) is 15.9. The molecule has 0 aliphatic carbocycles. The van der Waals surface area contributed by atoms with E-state index < -0.39 is 28.8 Å². The first-order valence-electron chi connectivity index (χ1n) is 10.1. The van der Waals surface area contributed by atoms with Crippen molar-refractivity contribution in [3.8, 4) is 6.07 Å². The van der Waals surface area contributed by atoms with Crippen LogP contribution >= 0.6 is 11.8 Å². The van der Waals surface area contributed by atoms with Gasteiger partial charge in [0.1, 0.15) is 5.60 Å². The van der Waals surface area contributed by atoms with E-state index in [9.17, 15) is 23.1 Å². The topological polar surface area (TPSA) is 101 Å². The number of nitriles is 1. The number of benzene rings is 2. The lowest BCUT2D eigenvalue weighted by molar-refractivity contribution is -0.137. The minimum absolute atomic E-state index is 0.0319. The molecule has 7 nitrogen and oxygen atoms in total. The Balaban J connectivity index is 1.59. The Bertz CT molecular complexity index is 1060. The van der Waals surface area contributed by atoms with Crippen molar-refractivity contribution in [1.29, 1.82) is 5.26 Å². The summed E-state index contributed by atoms with van der Waals surface area (Å²) in [5, 5.41) is 32.0. The van der Waals surface area contributed by atoms with Crippen molar-refractivity contribution in [2.45, 2.75) is 36.4 Å². The number of alkyl halides is 3. The van der Waals surface area contributed by atoms with E-state index in [1.165, 1.54) is 30.8 Å². The van der Waals surface area contributed by atoms with E-state index in [1.807, 2.05) is 5.01 Å². The quantitative estimate of drug-likeness (QED) is 0.424. The highest BCUT2D eigenvalue weighted by Gasteiger charge is 2.35. The smallest absolute Gasteiger partial charge is 0.379 e. The zero-order chi connectivity index (χ0) is 24.1. The van der Waals surface area contributed by atoms with E-state index in [0.29, 0.717) is 11.8 Å². The molecule has 1 saturated heterocycles. The van der Waals surface area contributed by atoms with Crippen LogP contribution in [0.4, 0.5) is 24.5 Å². The third kappa shape index (κ3) is 6.69. The molecule has 0 aromatic heterocycles. The summed E-state index contributed by atoms with van der Waals surface area (Å²) in [5.74, 6) is -0.889. The van der Waals surface area contributed by atoms with Crippen LogP contribution < -0.4 is 5.32 Å². The van der Waals surface area contributed by atoms with E-state index in [1.54, 1.807) is 24.3 Å². The molecule has 1 aliphatic rings. The number of halogens is 3. The molecule has 2 aromatic carbocycles. The second-order valence-electron chi connectivity index (χ2n) is 7.73. The fourth-order valence-electron chi connectivity index (χ4n) is 3.02. The Morgan fingerprint density at radius 2 is 1.88 bits per heavy atom. The number of rotatable bonds is 7. The van der Waals surface area contributed by atoms with Gasteiger partial charge in [-0.1, -0.05) is 5.22 Å². The predicted octanol–water partition coefficient (Wildman–Crippen LogP) is 5.15. The van der Waals surface area contributed by atoms with Crippen LogP contribution in [0.2, 0.25) is 0 Å². The summed E-state index contributed by atoms with van der Waals surface area (Å²) in [6.07, 6.45) is -2.53. The molecule has 0 bridgehead atoms. The molecule has 11 heteroatoms. The number of hydrogen-bond donors (Lipinski definition) is 2. The van der Waals surface area contributed by atoms with Gasteiger partial charge >= 0.3 is 6.18 Å². The number of carbonyl (C=O) groups is 1. The van der Waals surface area contributed by atoms with Crippen LogP contribution in [-0.2, 0) is 11.0 Å². The molecule has 3 rings (SSSR count). The summed E-state index contributed by atoms with van der Waals surface area (Å²) >= 11 is 1.22. The molecule has 1 heterocycles. The SMILES string of the molecule is CC(O)(CSc1ccc(N=NN2CCCC2)cc1)C(=O)Nc1ccc(C#N)c(C(F)(F)F)c1. The minimum atomic E-state index is -4.75. The van der Waals surface area contributed by atoms with Crippen molar-refractivity contribution in [3.63, 3.8) is 0 Å². The molecule has 1 fully saturated rings. The first-order valence-corrected chi connectivity index (χ1v) is 11.1. The average Bonchev–Trinajstić information content (AvgIpc) is 3.30. The fraction of sp³-hybridized carbons (Fsp3) is 0.364. The van der Waals surface area contributed by atoms with Gasteiger partial charge in [0.25, 0.3) is 5.91 Å². The third-order valence-corrected chi connectivity index (χ3v) is 6.23. The molecular formula is C22H22F3N5O2S. The van der Waals surface area contributed by atoms with E-state index in [-0.39, 0.29) is 11.4 Å². The molecule has 1 aliphatic heterocycles. The zero-order valence-corrected chi connectivity index (χ0v) is 18.6. The van der Waals surface area contributed by atoms with Crippen molar-refractivity contribution >= 4 is 29.0 Å². The Hall–Kier alpha value is -3.10. The number of thioether (sulfide) groups is 1. The summed E-state index contributed by atoms with van der Waals surface area (Å²) in [5.41, 5.74) is -3.04. The van der Waals surface area contributed by atoms with E-state index in [2.05, 4.69) is 15.7 Å². The molecule has 2 N–H and O–H groups in total. The maximum atomic E-state index is 13.1. The lowest BCUT2D eigenvalue weighted by atomic mass is 10.1. The molecule has 0 radical (unpaired) electrons. The van der Waals surface area contributed by atoms with Gasteiger partial charge in [-0.25, -0.2) is 0 Å². The highest BCUT2D eigenvalue weighted by Crippen LogP contribution is 2.34. The highest BCUT2D eigenvalue weighted by molar-refractivity contribution is 7.99. The summed E-state index contributed by atoms with van der Waals surface area (Å²) in [4.78, 5) is 13.3. The largest absolute Gasteiger partial charge is 0.417 e. The number of amides is 1. The summed E-state index contributed by atoms with van der Waals surface area (Å²) in [6.45, 7) is 3.07. The Kier molecular flexibility index (Phi) is 7.61. The van der Waals surface area contributed by atoms with E-state index >= 15 is 0 Å². The van der Waals surface area contributed by atoms with Crippen LogP contribution in [0.15, 0.2) is 57.7 Å². The van der Waals surface area contributed by atoms with Gasteiger partial charge in [-0.05, 0) is 62.2 Å². The van der Waals surface area contributed by atoms with Crippen LogP contribution in [0, 0.1) is 11.3 Å². The highest BCUT2D eigenvalue weighted by atomic mass is 32.2. The molecule has 0 spiro atoms. The number of carbonyl (C=O) groups excluding carboxylic acids is 1. The molecule has 174 valence electrons. The monoisotopic (exact) mass is 477 g/mol. The van der Waals surface area contributed by atoms with Crippen molar-refractivity contribution in [2.24, 2.45) is 10.3 Å². The van der Waals surface area contributed by atoms with Crippen molar-refractivity contribution in [1.82, 2.24) is 5.01 Å². The third-order valence-electron chi connectivity index (χ3n) is 4.92. The predicted molar refractivity (Wildman–Crippen MR) is 118 cm³/mol. The van der Waals surface area contributed by atoms with Crippen molar-refractivity contribution < 1.29 is 23.1 Å². The number of nitrogens with one attached hydrogen (secondary N) is 1. The van der Waals surface area contributed by atoms with Crippen LogP contribution in [0.3, 0.4) is 0 Å². The second kappa shape index (κ2) is 10.2. The van der Waals surface area contributed by atoms with Gasteiger partial charge in [-0.15, -0.1) is 16.9 Å². The molecule has 1 unspecified atom stereocenters. The van der Waals surface area contributed by atoms with E-state index in [0.717, 1.165) is 36.9 Å². The van der Waals surface area contributed by atoms with Gasteiger partial charge < -0.3 is 10.4 Å². The van der Waals surface area contributed by atoms with Gasteiger partial charge in [0.05, 0.1) is 22.9 Å². The Labute approximate surface area is 193 Å². The summed E-state index contributed by atoms with van der Waals surface area (Å²) in [6, 6.07) is 11.4. The van der Waals surface area contributed by atoms with Crippen LogP contribution in [0.5, 0.6) is 0 Å².